The topological polar surface area (TPSA) is 131 Å². The normalized spacial score (nSPS) is 26.0. The van der Waals surface area contributed by atoms with Gasteiger partial charge in [0.05, 0.1) is 12.7 Å². The quantitative estimate of drug-likeness (QED) is 0.675. The maximum absolute atomic E-state index is 12.9. The van der Waals surface area contributed by atoms with Gasteiger partial charge in [0.25, 0.3) is 0 Å². The maximum Gasteiger partial charge on any atom is 0.414 e. The monoisotopic (exact) mass is 381 g/mol. The molecule has 9 heteroatoms. The summed E-state index contributed by atoms with van der Waals surface area (Å²) in [6.07, 6.45) is 5.86. The fourth-order valence-electron chi connectivity index (χ4n) is 4.37. The van der Waals surface area contributed by atoms with Crippen LogP contribution >= 0.6 is 0 Å². The Hall–Kier alpha value is -2.18. The second kappa shape index (κ2) is 9.15. The van der Waals surface area contributed by atoms with Gasteiger partial charge in [-0.3, -0.25) is 9.69 Å². The van der Waals surface area contributed by atoms with Crippen LogP contribution in [0.2, 0.25) is 0 Å². The predicted octanol–water partition coefficient (Wildman–Crippen LogP) is 0.548. The number of carbonyl (C=O) groups excluding carboxylic acids is 1. The summed E-state index contributed by atoms with van der Waals surface area (Å²) in [6.45, 7) is 3.30. The predicted molar refractivity (Wildman–Crippen MR) is 93.8 cm³/mol. The number of amides is 1. The zero-order valence-electron chi connectivity index (χ0n) is 15.6. The van der Waals surface area contributed by atoms with Crippen molar-refractivity contribution in [3.63, 3.8) is 0 Å². The molecule has 9 nitrogen and oxygen atoms in total. The molecule has 1 saturated carbocycles. The summed E-state index contributed by atoms with van der Waals surface area (Å²) >= 11 is 0. The summed E-state index contributed by atoms with van der Waals surface area (Å²) in [5, 5.41) is 24.3. The fraction of sp³-hybridized carbons (Fsp3) is 0.778. The first-order chi connectivity index (χ1) is 12.8. The van der Waals surface area contributed by atoms with Crippen LogP contribution in [-0.2, 0) is 19.1 Å². The second-order valence-electron chi connectivity index (χ2n) is 7.34. The molecule has 0 aromatic heterocycles. The molecule has 0 radical (unpaired) electrons. The van der Waals surface area contributed by atoms with Crippen LogP contribution in [0.5, 0.6) is 0 Å². The average Bonchev–Trinajstić information content (AvgIpc) is 3.22. The first kappa shape index (κ1) is 21.1. The molecule has 2 saturated heterocycles. The lowest BCUT2D eigenvalue weighted by atomic mass is 9.86. The zero-order valence-corrected chi connectivity index (χ0v) is 15.6. The molecule has 0 spiro atoms. The number of carboxylic acid groups (broad SMARTS) is 2. The molecular formula is C18H27N3O6. The number of aliphatic carboxylic acids is 2. The van der Waals surface area contributed by atoms with E-state index in [0.29, 0.717) is 12.1 Å². The van der Waals surface area contributed by atoms with Crippen LogP contribution in [0.15, 0.2) is 0 Å². The van der Waals surface area contributed by atoms with Crippen LogP contribution in [0.25, 0.3) is 0 Å². The largest absolute Gasteiger partial charge is 0.473 e. The van der Waals surface area contributed by atoms with Crippen molar-refractivity contribution >= 4 is 17.8 Å². The van der Waals surface area contributed by atoms with Crippen molar-refractivity contribution in [2.75, 3.05) is 33.4 Å². The van der Waals surface area contributed by atoms with E-state index in [1.807, 2.05) is 4.90 Å². The average molecular weight is 381 g/mol. The molecule has 2 bridgehead atoms. The lowest BCUT2D eigenvalue weighted by Crippen LogP contribution is -2.58. The van der Waals surface area contributed by atoms with E-state index in [-0.39, 0.29) is 5.91 Å². The molecule has 2 atom stereocenters. The molecule has 1 amide bonds. The molecule has 3 aliphatic rings. The molecule has 0 aromatic carbocycles. The highest BCUT2D eigenvalue weighted by atomic mass is 16.5. The lowest BCUT2D eigenvalue weighted by Gasteiger charge is -2.42. The Balaban J connectivity index is 0.000000380. The van der Waals surface area contributed by atoms with Crippen LogP contribution in [0, 0.1) is 16.7 Å². The van der Waals surface area contributed by atoms with Crippen LogP contribution < -0.4 is 0 Å². The fourth-order valence-corrected chi connectivity index (χ4v) is 4.37. The number of carboxylic acids is 2. The van der Waals surface area contributed by atoms with Crippen LogP contribution in [0.1, 0.15) is 38.5 Å². The lowest BCUT2D eigenvalue weighted by molar-refractivity contribution is -0.159. The number of hydrogen-bond acceptors (Lipinski definition) is 6. The van der Waals surface area contributed by atoms with Gasteiger partial charge in [0.15, 0.2) is 0 Å². The third kappa shape index (κ3) is 4.76. The highest BCUT2D eigenvalue weighted by molar-refractivity contribution is 6.27. The summed E-state index contributed by atoms with van der Waals surface area (Å²) in [5.74, 6) is -3.55. The Morgan fingerprint density at radius 1 is 1.11 bits per heavy atom. The van der Waals surface area contributed by atoms with Gasteiger partial charge in [-0.15, -0.1) is 0 Å². The Kier molecular flexibility index (Phi) is 7.16. The molecule has 2 unspecified atom stereocenters. The van der Waals surface area contributed by atoms with Gasteiger partial charge in [-0.1, -0.05) is 12.8 Å². The first-order valence-electron chi connectivity index (χ1n) is 9.26. The number of hydrogen-bond donors (Lipinski definition) is 2. The van der Waals surface area contributed by atoms with Gasteiger partial charge in [0.1, 0.15) is 5.41 Å². The Labute approximate surface area is 158 Å². The van der Waals surface area contributed by atoms with E-state index >= 15 is 0 Å². The van der Waals surface area contributed by atoms with Gasteiger partial charge in [-0.2, -0.15) is 5.26 Å². The third-order valence-corrected chi connectivity index (χ3v) is 5.74. The van der Waals surface area contributed by atoms with E-state index in [1.54, 1.807) is 7.11 Å². The van der Waals surface area contributed by atoms with Gasteiger partial charge in [-0.05, 0) is 25.7 Å². The van der Waals surface area contributed by atoms with E-state index in [0.717, 1.165) is 64.8 Å². The number of ether oxygens (including phenoxy) is 1. The Morgan fingerprint density at radius 2 is 1.63 bits per heavy atom. The van der Waals surface area contributed by atoms with Gasteiger partial charge >= 0.3 is 11.9 Å². The molecule has 150 valence electrons. The summed E-state index contributed by atoms with van der Waals surface area (Å²) in [4.78, 5) is 35.5. The van der Waals surface area contributed by atoms with Crippen molar-refractivity contribution < 1.29 is 29.3 Å². The minimum absolute atomic E-state index is 0.103. The second-order valence-corrected chi connectivity index (χ2v) is 7.34. The number of nitriles is 1. The molecule has 3 fully saturated rings. The minimum Gasteiger partial charge on any atom is -0.473 e. The van der Waals surface area contributed by atoms with E-state index in [2.05, 4.69) is 11.0 Å². The van der Waals surface area contributed by atoms with Crippen molar-refractivity contribution in [1.29, 1.82) is 5.26 Å². The summed E-state index contributed by atoms with van der Waals surface area (Å²) in [7, 11) is 1.73. The number of fused-ring (bicyclic) bond motifs is 2. The van der Waals surface area contributed by atoms with Crippen molar-refractivity contribution in [1.82, 2.24) is 9.80 Å². The van der Waals surface area contributed by atoms with Gasteiger partial charge in [0, 0.05) is 38.8 Å². The number of piperazine rings is 1. The number of carbonyl (C=O) groups is 3. The van der Waals surface area contributed by atoms with E-state index in [9.17, 15) is 10.1 Å². The molecule has 1 aliphatic carbocycles. The molecule has 2 aliphatic heterocycles. The SMILES string of the molecule is COCCN1C2CCC1CN(C(=O)C1(C#N)CCCC1)C2.O=C(O)C(=O)O. The van der Waals surface area contributed by atoms with Crippen molar-refractivity contribution in [3.05, 3.63) is 0 Å². The third-order valence-electron chi connectivity index (χ3n) is 5.74. The first-order valence-corrected chi connectivity index (χ1v) is 9.26. The zero-order chi connectivity index (χ0) is 20.0. The van der Waals surface area contributed by atoms with Crippen molar-refractivity contribution in [2.45, 2.75) is 50.6 Å². The smallest absolute Gasteiger partial charge is 0.414 e. The number of likely N-dealkylation sites (tertiary alicyclic amines) is 1. The molecule has 2 heterocycles. The van der Waals surface area contributed by atoms with E-state index < -0.39 is 17.4 Å². The molecule has 3 rings (SSSR count). The van der Waals surface area contributed by atoms with Crippen LogP contribution in [0.4, 0.5) is 0 Å². The highest BCUT2D eigenvalue weighted by Gasteiger charge is 2.48. The highest BCUT2D eigenvalue weighted by Crippen LogP contribution is 2.41. The Morgan fingerprint density at radius 3 is 2.04 bits per heavy atom. The molecule has 27 heavy (non-hydrogen) atoms. The van der Waals surface area contributed by atoms with Crippen molar-refractivity contribution in [2.24, 2.45) is 5.41 Å². The van der Waals surface area contributed by atoms with Gasteiger partial charge in [-0.25, -0.2) is 9.59 Å². The maximum atomic E-state index is 12.9. The summed E-state index contributed by atoms with van der Waals surface area (Å²) < 4.78 is 5.19. The van der Waals surface area contributed by atoms with Crippen LogP contribution in [-0.4, -0.2) is 83.3 Å². The van der Waals surface area contributed by atoms with Crippen LogP contribution in [0.3, 0.4) is 0 Å². The summed E-state index contributed by atoms with van der Waals surface area (Å²) in [6, 6.07) is 3.26. The van der Waals surface area contributed by atoms with Gasteiger partial charge in [0.2, 0.25) is 5.91 Å². The number of nitrogens with zero attached hydrogens (tertiary/aromatic N) is 3. The van der Waals surface area contributed by atoms with E-state index in [1.165, 1.54) is 0 Å². The number of methoxy groups -OCH3 is 1. The minimum atomic E-state index is -1.82. The molecule has 0 aromatic rings. The standard InChI is InChI=1S/C16H25N3O2.C2H2O4/c1-21-9-8-19-13-4-5-14(19)11-18(10-13)15(20)16(12-17)6-2-3-7-16;3-1(4)2(5)6/h13-14H,2-11H2,1H3;(H,3,4)(H,5,6). The Bertz CT molecular complexity index is 585. The molecule has 2 N–H and O–H groups in total. The summed E-state index contributed by atoms with van der Waals surface area (Å²) in [5.41, 5.74) is -0.714. The van der Waals surface area contributed by atoms with Gasteiger partial charge < -0.3 is 19.8 Å². The molecular weight excluding hydrogens is 354 g/mol. The van der Waals surface area contributed by atoms with E-state index in [4.69, 9.17) is 24.5 Å². The number of rotatable bonds is 4. The van der Waals surface area contributed by atoms with Crippen molar-refractivity contribution in [3.8, 4) is 6.07 Å².